The van der Waals surface area contributed by atoms with Crippen molar-refractivity contribution >= 4 is 34.9 Å². The van der Waals surface area contributed by atoms with Gasteiger partial charge in [0.1, 0.15) is 0 Å². The zero-order valence-electron chi connectivity index (χ0n) is 12.8. The van der Waals surface area contributed by atoms with Crippen molar-refractivity contribution in [1.82, 2.24) is 5.32 Å². The summed E-state index contributed by atoms with van der Waals surface area (Å²) < 4.78 is 0. The number of carbonyl (C=O) groups excluding carboxylic acids is 2. The number of urea groups is 1. The van der Waals surface area contributed by atoms with E-state index in [1.165, 1.54) is 6.92 Å². The number of imide groups is 1. The fourth-order valence-corrected chi connectivity index (χ4v) is 2.24. The number of benzene rings is 2. The van der Waals surface area contributed by atoms with Crippen molar-refractivity contribution in [2.24, 2.45) is 0 Å². The van der Waals surface area contributed by atoms with Gasteiger partial charge in [0, 0.05) is 24.2 Å². The van der Waals surface area contributed by atoms with Crippen LogP contribution in [0, 0.1) is 0 Å². The van der Waals surface area contributed by atoms with Gasteiger partial charge in [-0.2, -0.15) is 0 Å². The van der Waals surface area contributed by atoms with Crippen LogP contribution in [0.2, 0.25) is 5.02 Å². The van der Waals surface area contributed by atoms with Gasteiger partial charge in [0.05, 0.1) is 5.69 Å². The molecule has 120 valence electrons. The molecule has 0 heterocycles. The summed E-state index contributed by atoms with van der Waals surface area (Å²) in [7, 11) is 0. The summed E-state index contributed by atoms with van der Waals surface area (Å²) in [5.74, 6) is -0.362. The molecule has 0 unspecified atom stereocenters. The van der Waals surface area contributed by atoms with Crippen LogP contribution in [0.25, 0.3) is 0 Å². The van der Waals surface area contributed by atoms with E-state index in [0.717, 1.165) is 10.5 Å². The zero-order valence-corrected chi connectivity index (χ0v) is 13.5. The summed E-state index contributed by atoms with van der Waals surface area (Å²) in [5, 5.41) is 3.41. The number of amides is 3. The summed E-state index contributed by atoms with van der Waals surface area (Å²) in [6.45, 7) is 1.76. The van der Waals surface area contributed by atoms with Crippen LogP contribution in [0.4, 0.5) is 16.2 Å². The Labute approximate surface area is 140 Å². The maximum absolute atomic E-state index is 12.3. The normalized spacial score (nSPS) is 10.2. The van der Waals surface area contributed by atoms with E-state index < -0.39 is 6.03 Å². The molecule has 2 aromatic rings. The molecule has 3 N–H and O–H groups in total. The van der Waals surface area contributed by atoms with E-state index in [4.69, 9.17) is 17.3 Å². The Hall–Kier alpha value is -2.53. The van der Waals surface area contributed by atoms with Crippen molar-refractivity contribution in [1.29, 1.82) is 0 Å². The van der Waals surface area contributed by atoms with Crippen molar-refractivity contribution in [3.8, 4) is 0 Å². The number of nitrogens with two attached hydrogens (primary N) is 1. The second kappa shape index (κ2) is 7.65. The predicted octanol–water partition coefficient (Wildman–Crippen LogP) is 3.23. The average Bonchev–Trinajstić information content (AvgIpc) is 2.51. The first kappa shape index (κ1) is 16.8. The molecule has 5 nitrogen and oxygen atoms in total. The van der Waals surface area contributed by atoms with Crippen LogP contribution < -0.4 is 16.0 Å². The molecule has 3 amide bonds. The first-order valence-corrected chi connectivity index (χ1v) is 7.53. The number of anilines is 2. The fraction of sp³-hybridized carbons (Fsp3) is 0.176. The van der Waals surface area contributed by atoms with Crippen molar-refractivity contribution < 1.29 is 9.59 Å². The smallest absolute Gasteiger partial charge is 0.328 e. The van der Waals surface area contributed by atoms with Gasteiger partial charge >= 0.3 is 6.03 Å². The Morgan fingerprint density at radius 1 is 1.09 bits per heavy atom. The van der Waals surface area contributed by atoms with Gasteiger partial charge in [-0.25, -0.2) is 9.69 Å². The molecule has 0 saturated carbocycles. The van der Waals surface area contributed by atoms with Crippen LogP contribution in [0.1, 0.15) is 12.5 Å². The molecule has 0 atom stereocenters. The Bertz CT molecular complexity index is 684. The summed E-state index contributed by atoms with van der Waals surface area (Å²) in [5.41, 5.74) is 7.73. The second-order valence-electron chi connectivity index (χ2n) is 5.05. The lowest BCUT2D eigenvalue weighted by atomic mass is 10.1. The molecule has 0 aliphatic rings. The predicted molar refractivity (Wildman–Crippen MR) is 92.6 cm³/mol. The monoisotopic (exact) mass is 331 g/mol. The third kappa shape index (κ3) is 4.72. The minimum absolute atomic E-state index is 0.362. The number of nitrogens with zero attached hydrogens (tertiary/aromatic N) is 1. The Kier molecular flexibility index (Phi) is 5.60. The van der Waals surface area contributed by atoms with Crippen LogP contribution >= 0.6 is 11.6 Å². The van der Waals surface area contributed by atoms with Crippen LogP contribution in [0.3, 0.4) is 0 Å². The molecule has 0 aliphatic carbocycles. The lowest BCUT2D eigenvalue weighted by molar-refractivity contribution is -0.115. The summed E-state index contributed by atoms with van der Waals surface area (Å²) in [6.07, 6.45) is 0.649. The number of hydrogen-bond donors (Lipinski definition) is 2. The molecular formula is C17H18ClN3O2. The maximum Gasteiger partial charge on any atom is 0.328 e. The standard InChI is InChI=1S/C17H18ClN3O2/c1-12(22)21(16-8-6-15(19)7-9-16)17(23)20-11-10-13-2-4-14(18)5-3-13/h2-9H,10-11,19H2,1H3,(H,20,23). The summed E-state index contributed by atoms with van der Waals surface area (Å²) in [4.78, 5) is 25.1. The van der Waals surface area contributed by atoms with Crippen LogP contribution in [-0.4, -0.2) is 18.5 Å². The zero-order chi connectivity index (χ0) is 16.8. The maximum atomic E-state index is 12.3. The van der Waals surface area contributed by atoms with Gasteiger partial charge in [0.25, 0.3) is 0 Å². The van der Waals surface area contributed by atoms with E-state index in [-0.39, 0.29) is 5.91 Å². The van der Waals surface area contributed by atoms with Crippen LogP contribution in [0.5, 0.6) is 0 Å². The highest BCUT2D eigenvalue weighted by atomic mass is 35.5. The largest absolute Gasteiger partial charge is 0.399 e. The molecule has 0 fully saturated rings. The van der Waals surface area contributed by atoms with Crippen molar-refractivity contribution in [2.75, 3.05) is 17.2 Å². The molecule has 2 rings (SSSR count). The summed E-state index contributed by atoms with van der Waals surface area (Å²) in [6, 6.07) is 13.5. The van der Waals surface area contributed by atoms with E-state index in [1.54, 1.807) is 36.4 Å². The molecule has 0 radical (unpaired) electrons. The number of rotatable bonds is 4. The van der Waals surface area contributed by atoms with Crippen LogP contribution in [-0.2, 0) is 11.2 Å². The van der Waals surface area contributed by atoms with Gasteiger partial charge in [-0.3, -0.25) is 4.79 Å². The van der Waals surface area contributed by atoms with Crippen molar-refractivity contribution in [3.63, 3.8) is 0 Å². The fourth-order valence-electron chi connectivity index (χ4n) is 2.11. The molecule has 0 aromatic heterocycles. The number of hydrogen-bond acceptors (Lipinski definition) is 3. The average molecular weight is 332 g/mol. The highest BCUT2D eigenvalue weighted by molar-refractivity contribution is 6.30. The highest BCUT2D eigenvalue weighted by Gasteiger charge is 2.19. The van der Waals surface area contributed by atoms with Gasteiger partial charge in [-0.1, -0.05) is 23.7 Å². The quantitative estimate of drug-likeness (QED) is 0.844. The molecule has 0 aliphatic heterocycles. The molecule has 0 bridgehead atoms. The third-order valence-corrected chi connectivity index (χ3v) is 3.52. The minimum atomic E-state index is -0.462. The molecule has 23 heavy (non-hydrogen) atoms. The minimum Gasteiger partial charge on any atom is -0.399 e. The van der Waals surface area contributed by atoms with E-state index in [1.807, 2.05) is 12.1 Å². The Morgan fingerprint density at radius 3 is 2.26 bits per heavy atom. The summed E-state index contributed by atoms with van der Waals surface area (Å²) >= 11 is 5.83. The number of carbonyl (C=O) groups is 2. The number of nitrogens with one attached hydrogen (secondary N) is 1. The van der Waals surface area contributed by atoms with E-state index in [0.29, 0.717) is 29.4 Å². The molecule has 0 spiro atoms. The van der Waals surface area contributed by atoms with E-state index in [2.05, 4.69) is 5.32 Å². The molecule has 6 heteroatoms. The van der Waals surface area contributed by atoms with Crippen LogP contribution in [0.15, 0.2) is 48.5 Å². The van der Waals surface area contributed by atoms with E-state index in [9.17, 15) is 9.59 Å². The van der Waals surface area contributed by atoms with Gasteiger partial charge in [0.15, 0.2) is 0 Å². The first-order chi connectivity index (χ1) is 11.0. The third-order valence-electron chi connectivity index (χ3n) is 3.27. The van der Waals surface area contributed by atoms with Gasteiger partial charge < -0.3 is 11.1 Å². The highest BCUT2D eigenvalue weighted by Crippen LogP contribution is 2.17. The molecule has 0 saturated heterocycles. The second-order valence-corrected chi connectivity index (χ2v) is 5.49. The van der Waals surface area contributed by atoms with Crippen molar-refractivity contribution in [3.05, 3.63) is 59.1 Å². The number of halogens is 1. The first-order valence-electron chi connectivity index (χ1n) is 7.16. The molecular weight excluding hydrogens is 314 g/mol. The van der Waals surface area contributed by atoms with Gasteiger partial charge in [0.2, 0.25) is 5.91 Å². The Balaban J connectivity index is 1.97. The van der Waals surface area contributed by atoms with E-state index >= 15 is 0 Å². The van der Waals surface area contributed by atoms with Gasteiger partial charge in [-0.05, 0) is 48.4 Å². The lowest BCUT2D eigenvalue weighted by Gasteiger charge is -2.20. The van der Waals surface area contributed by atoms with Crippen molar-refractivity contribution in [2.45, 2.75) is 13.3 Å². The Morgan fingerprint density at radius 2 is 1.70 bits per heavy atom. The number of nitrogen functional groups attached to an aromatic ring is 1. The lowest BCUT2D eigenvalue weighted by Crippen LogP contribution is -2.43. The SMILES string of the molecule is CC(=O)N(C(=O)NCCc1ccc(Cl)cc1)c1ccc(N)cc1. The topological polar surface area (TPSA) is 75.4 Å². The van der Waals surface area contributed by atoms with Gasteiger partial charge in [-0.15, -0.1) is 0 Å². The molecule has 2 aromatic carbocycles.